The second-order valence-corrected chi connectivity index (χ2v) is 5.80. The molecule has 0 aromatic heterocycles. The fraction of sp³-hybridized carbons (Fsp3) is 0.571. The van der Waals surface area contributed by atoms with Crippen molar-refractivity contribution in [2.45, 2.75) is 44.1 Å². The van der Waals surface area contributed by atoms with Crippen LogP contribution in [0.25, 0.3) is 0 Å². The van der Waals surface area contributed by atoms with Crippen LogP contribution in [0, 0.1) is 0 Å². The van der Waals surface area contributed by atoms with Crippen LogP contribution in [-0.4, -0.2) is 17.3 Å². The van der Waals surface area contributed by atoms with Crippen molar-refractivity contribution in [3.05, 3.63) is 28.7 Å². The Bertz CT molecular complexity index is 357. The van der Waals surface area contributed by atoms with Crippen LogP contribution >= 0.6 is 15.9 Å². The fourth-order valence-electron chi connectivity index (χ4n) is 2.31. The van der Waals surface area contributed by atoms with Gasteiger partial charge in [-0.3, -0.25) is 0 Å². The summed E-state index contributed by atoms with van der Waals surface area (Å²) in [6, 6.07) is 7.76. The van der Waals surface area contributed by atoms with E-state index in [0.717, 1.165) is 35.9 Å². The molecule has 3 heteroatoms. The number of aliphatic hydroxyl groups is 1. The average Bonchev–Trinajstić information content (AvgIpc) is 2.53. The molecule has 1 fully saturated rings. The summed E-state index contributed by atoms with van der Waals surface area (Å²) in [5.41, 5.74) is -0.626. The predicted molar refractivity (Wildman–Crippen MR) is 72.3 cm³/mol. The Labute approximate surface area is 111 Å². The Kier molecular flexibility index (Phi) is 4.46. The molecule has 2 rings (SSSR count). The van der Waals surface area contributed by atoms with Gasteiger partial charge in [0.25, 0.3) is 0 Å². The van der Waals surface area contributed by atoms with Gasteiger partial charge in [0.1, 0.15) is 12.4 Å². The Balaban J connectivity index is 1.92. The van der Waals surface area contributed by atoms with E-state index in [-0.39, 0.29) is 0 Å². The van der Waals surface area contributed by atoms with Crippen molar-refractivity contribution < 1.29 is 9.84 Å². The second kappa shape index (κ2) is 5.87. The third kappa shape index (κ3) is 4.00. The van der Waals surface area contributed by atoms with Crippen LogP contribution in [0.3, 0.4) is 0 Å². The minimum absolute atomic E-state index is 0.406. The maximum absolute atomic E-state index is 10.4. The number of hydrogen-bond donors (Lipinski definition) is 1. The lowest BCUT2D eigenvalue weighted by molar-refractivity contribution is -0.0173. The zero-order chi connectivity index (χ0) is 12.1. The summed E-state index contributed by atoms with van der Waals surface area (Å²) >= 11 is 3.41. The zero-order valence-corrected chi connectivity index (χ0v) is 11.6. The predicted octanol–water partition coefficient (Wildman–Crippen LogP) is 3.91. The largest absolute Gasteiger partial charge is 0.491 e. The first-order chi connectivity index (χ1) is 8.18. The van der Waals surface area contributed by atoms with E-state index in [2.05, 4.69) is 15.9 Å². The van der Waals surface area contributed by atoms with Crippen molar-refractivity contribution in [1.82, 2.24) is 0 Å². The van der Waals surface area contributed by atoms with Crippen LogP contribution < -0.4 is 4.74 Å². The molecule has 0 unspecified atom stereocenters. The fourth-order valence-corrected chi connectivity index (χ4v) is 2.68. The van der Waals surface area contributed by atoms with Gasteiger partial charge in [-0.15, -0.1) is 0 Å². The molecule has 2 nitrogen and oxygen atoms in total. The monoisotopic (exact) mass is 298 g/mol. The summed E-state index contributed by atoms with van der Waals surface area (Å²) in [5.74, 6) is 0.817. The van der Waals surface area contributed by atoms with Crippen molar-refractivity contribution in [2.75, 3.05) is 6.61 Å². The van der Waals surface area contributed by atoms with Gasteiger partial charge in [-0.2, -0.15) is 0 Å². The van der Waals surface area contributed by atoms with Gasteiger partial charge in [-0.25, -0.2) is 0 Å². The van der Waals surface area contributed by atoms with E-state index in [1.165, 1.54) is 12.8 Å². The molecule has 0 aliphatic heterocycles. The van der Waals surface area contributed by atoms with Crippen molar-refractivity contribution in [3.63, 3.8) is 0 Å². The number of ether oxygens (including phenoxy) is 1. The van der Waals surface area contributed by atoms with Crippen LogP contribution in [0.2, 0.25) is 0 Å². The molecule has 0 amide bonds. The molecule has 0 heterocycles. The highest BCUT2D eigenvalue weighted by Gasteiger charge is 2.28. The van der Waals surface area contributed by atoms with Gasteiger partial charge in [-0.05, 0) is 31.0 Å². The first-order valence-corrected chi connectivity index (χ1v) is 7.08. The van der Waals surface area contributed by atoms with Crippen LogP contribution in [0.4, 0.5) is 0 Å². The molecule has 94 valence electrons. The normalized spacial score (nSPS) is 19.6. The SMILES string of the molecule is OC1(COc2cccc(Br)c2)CCCCCC1. The van der Waals surface area contributed by atoms with Gasteiger partial charge >= 0.3 is 0 Å². The molecule has 0 bridgehead atoms. The van der Waals surface area contributed by atoms with Crippen LogP contribution in [0.5, 0.6) is 5.75 Å². The summed E-state index contributed by atoms with van der Waals surface area (Å²) in [4.78, 5) is 0. The summed E-state index contributed by atoms with van der Waals surface area (Å²) in [6.07, 6.45) is 6.41. The molecule has 1 saturated carbocycles. The smallest absolute Gasteiger partial charge is 0.120 e. The molecule has 0 saturated heterocycles. The standard InChI is InChI=1S/C14H19BrO2/c15-12-6-5-7-13(10-12)17-11-14(16)8-3-1-2-4-9-14/h5-7,10,16H,1-4,8-9,11H2. The molecule has 0 spiro atoms. The lowest BCUT2D eigenvalue weighted by atomic mass is 9.96. The van der Waals surface area contributed by atoms with Gasteiger partial charge in [0.15, 0.2) is 0 Å². The Morgan fingerprint density at radius 3 is 2.53 bits per heavy atom. The number of benzene rings is 1. The molecule has 0 radical (unpaired) electrons. The molecule has 1 N–H and O–H groups in total. The lowest BCUT2D eigenvalue weighted by Crippen LogP contribution is -2.35. The van der Waals surface area contributed by atoms with E-state index >= 15 is 0 Å². The van der Waals surface area contributed by atoms with Crippen molar-refractivity contribution in [2.24, 2.45) is 0 Å². The molecule has 1 aromatic carbocycles. The minimum atomic E-state index is -0.626. The van der Waals surface area contributed by atoms with Gasteiger partial charge in [0, 0.05) is 4.47 Å². The molecule has 0 atom stereocenters. The Morgan fingerprint density at radius 1 is 1.18 bits per heavy atom. The summed E-state index contributed by atoms with van der Waals surface area (Å²) in [6.45, 7) is 0.406. The number of rotatable bonds is 3. The van der Waals surface area contributed by atoms with E-state index in [1.807, 2.05) is 24.3 Å². The van der Waals surface area contributed by atoms with E-state index < -0.39 is 5.60 Å². The molecule has 17 heavy (non-hydrogen) atoms. The first-order valence-electron chi connectivity index (χ1n) is 6.29. The first kappa shape index (κ1) is 12.9. The maximum atomic E-state index is 10.4. The van der Waals surface area contributed by atoms with Gasteiger partial charge in [-0.1, -0.05) is 47.7 Å². The van der Waals surface area contributed by atoms with Crippen molar-refractivity contribution >= 4 is 15.9 Å². The highest BCUT2D eigenvalue weighted by atomic mass is 79.9. The lowest BCUT2D eigenvalue weighted by Gasteiger charge is -2.26. The Morgan fingerprint density at radius 2 is 1.88 bits per heavy atom. The van der Waals surface area contributed by atoms with Crippen molar-refractivity contribution in [3.8, 4) is 5.75 Å². The average molecular weight is 299 g/mol. The van der Waals surface area contributed by atoms with Crippen LogP contribution in [0.1, 0.15) is 38.5 Å². The van der Waals surface area contributed by atoms with Crippen molar-refractivity contribution in [1.29, 1.82) is 0 Å². The summed E-state index contributed by atoms with van der Waals surface area (Å²) in [5, 5.41) is 10.4. The van der Waals surface area contributed by atoms with Gasteiger partial charge < -0.3 is 9.84 Å². The van der Waals surface area contributed by atoms with E-state index in [4.69, 9.17) is 4.74 Å². The third-order valence-corrected chi connectivity index (χ3v) is 3.83. The topological polar surface area (TPSA) is 29.5 Å². The highest BCUT2D eigenvalue weighted by Crippen LogP contribution is 2.28. The van der Waals surface area contributed by atoms with E-state index in [1.54, 1.807) is 0 Å². The highest BCUT2D eigenvalue weighted by molar-refractivity contribution is 9.10. The number of halogens is 1. The molecule has 1 aliphatic rings. The minimum Gasteiger partial charge on any atom is -0.491 e. The van der Waals surface area contributed by atoms with Crippen LogP contribution in [0.15, 0.2) is 28.7 Å². The second-order valence-electron chi connectivity index (χ2n) is 4.88. The van der Waals surface area contributed by atoms with Crippen LogP contribution in [-0.2, 0) is 0 Å². The quantitative estimate of drug-likeness (QED) is 0.857. The zero-order valence-electron chi connectivity index (χ0n) is 9.99. The molecule has 1 aliphatic carbocycles. The number of hydrogen-bond acceptors (Lipinski definition) is 2. The Hall–Kier alpha value is -0.540. The van der Waals surface area contributed by atoms with E-state index in [9.17, 15) is 5.11 Å². The molecule has 1 aromatic rings. The maximum Gasteiger partial charge on any atom is 0.120 e. The van der Waals surface area contributed by atoms with Gasteiger partial charge in [0.2, 0.25) is 0 Å². The summed E-state index contributed by atoms with van der Waals surface area (Å²) < 4.78 is 6.71. The molecular formula is C14H19BrO2. The van der Waals surface area contributed by atoms with Gasteiger partial charge in [0.05, 0.1) is 5.60 Å². The molecular weight excluding hydrogens is 280 g/mol. The third-order valence-electron chi connectivity index (χ3n) is 3.34. The summed E-state index contributed by atoms with van der Waals surface area (Å²) in [7, 11) is 0. The van der Waals surface area contributed by atoms with E-state index in [0.29, 0.717) is 6.61 Å².